The van der Waals surface area contributed by atoms with Gasteiger partial charge in [0.1, 0.15) is 19.3 Å². The van der Waals surface area contributed by atoms with Gasteiger partial charge in [-0.2, -0.15) is 0 Å². The molecule has 5 rings (SSSR count). The van der Waals surface area contributed by atoms with E-state index in [1.807, 2.05) is 12.1 Å². The molecule has 3 atom stereocenters. The summed E-state index contributed by atoms with van der Waals surface area (Å²) in [6, 6.07) is 10.5. The van der Waals surface area contributed by atoms with Crippen LogP contribution in [0.1, 0.15) is 5.56 Å². The Morgan fingerprint density at radius 2 is 2.00 bits per heavy atom. The molecular weight excluding hydrogens is 456 g/mol. The van der Waals surface area contributed by atoms with E-state index < -0.39 is 24.4 Å². The Hall–Kier alpha value is -3.67. The SMILES string of the molecule is COc1ccc2nccc(CNC[C@@H](O)[C@H](O)[C@@H]3CN(c4ccc5c(c4)OCCO5)C(=O)O3)c2n1. The summed E-state index contributed by atoms with van der Waals surface area (Å²) in [7, 11) is 1.55. The minimum atomic E-state index is -1.28. The Morgan fingerprint density at radius 3 is 2.83 bits per heavy atom. The fourth-order valence-corrected chi connectivity index (χ4v) is 4.11. The number of hydrogen-bond donors (Lipinski definition) is 3. The van der Waals surface area contributed by atoms with E-state index in [0.717, 1.165) is 11.1 Å². The number of cyclic esters (lactones) is 1. The minimum absolute atomic E-state index is 0.0764. The molecule has 11 nitrogen and oxygen atoms in total. The second kappa shape index (κ2) is 9.90. The van der Waals surface area contributed by atoms with Gasteiger partial charge in [0.25, 0.3) is 0 Å². The first-order valence-corrected chi connectivity index (χ1v) is 11.3. The lowest BCUT2D eigenvalue weighted by Crippen LogP contribution is -2.44. The number of nitrogens with zero attached hydrogens (tertiary/aromatic N) is 3. The number of aliphatic hydroxyl groups is 2. The zero-order chi connectivity index (χ0) is 24.4. The van der Waals surface area contributed by atoms with Crippen LogP contribution in [0.2, 0.25) is 0 Å². The van der Waals surface area contributed by atoms with Gasteiger partial charge in [-0.3, -0.25) is 9.88 Å². The molecule has 0 unspecified atom stereocenters. The van der Waals surface area contributed by atoms with Gasteiger partial charge in [-0.15, -0.1) is 0 Å². The Kier molecular flexibility index (Phi) is 6.53. The molecular formula is C24H26N4O7. The van der Waals surface area contributed by atoms with Crippen LogP contribution >= 0.6 is 0 Å². The lowest BCUT2D eigenvalue weighted by Gasteiger charge is -2.23. The zero-order valence-corrected chi connectivity index (χ0v) is 19.1. The van der Waals surface area contributed by atoms with E-state index in [9.17, 15) is 15.0 Å². The molecule has 0 saturated carbocycles. The fourth-order valence-electron chi connectivity index (χ4n) is 4.11. The van der Waals surface area contributed by atoms with Gasteiger partial charge in [0.15, 0.2) is 17.6 Å². The van der Waals surface area contributed by atoms with E-state index in [4.69, 9.17) is 18.9 Å². The number of methoxy groups -OCH3 is 1. The number of pyridine rings is 2. The Balaban J connectivity index is 1.19. The molecule has 0 spiro atoms. The molecule has 35 heavy (non-hydrogen) atoms. The topological polar surface area (TPSA) is 136 Å². The molecule has 4 heterocycles. The third-order valence-corrected chi connectivity index (χ3v) is 5.97. The molecule has 0 bridgehead atoms. The molecule has 3 N–H and O–H groups in total. The van der Waals surface area contributed by atoms with Crippen LogP contribution in [0, 0.1) is 0 Å². The maximum absolute atomic E-state index is 12.5. The van der Waals surface area contributed by atoms with Crippen LogP contribution in [-0.4, -0.2) is 78.0 Å². The number of carbonyl (C=O) groups is 1. The van der Waals surface area contributed by atoms with Crippen molar-refractivity contribution in [2.24, 2.45) is 0 Å². The van der Waals surface area contributed by atoms with Crippen LogP contribution in [0.4, 0.5) is 10.5 Å². The summed E-state index contributed by atoms with van der Waals surface area (Å²) < 4.78 is 21.6. The van der Waals surface area contributed by atoms with Crippen molar-refractivity contribution in [3.63, 3.8) is 0 Å². The number of hydrogen-bond acceptors (Lipinski definition) is 10. The lowest BCUT2D eigenvalue weighted by molar-refractivity contribution is -0.0460. The summed E-state index contributed by atoms with van der Waals surface area (Å²) in [5.41, 5.74) is 2.85. The van der Waals surface area contributed by atoms with Crippen molar-refractivity contribution in [2.45, 2.75) is 24.9 Å². The average Bonchev–Trinajstić information content (AvgIpc) is 3.29. The van der Waals surface area contributed by atoms with Gasteiger partial charge in [0, 0.05) is 31.4 Å². The molecule has 2 aliphatic rings. The molecule has 1 fully saturated rings. The highest BCUT2D eigenvalue weighted by Gasteiger charge is 2.39. The summed E-state index contributed by atoms with van der Waals surface area (Å²) in [5.74, 6) is 1.64. The molecule has 184 valence electrons. The van der Waals surface area contributed by atoms with Crippen molar-refractivity contribution in [1.82, 2.24) is 15.3 Å². The predicted octanol–water partition coefficient (Wildman–Crippen LogP) is 1.25. The van der Waals surface area contributed by atoms with Crippen molar-refractivity contribution in [3.8, 4) is 17.4 Å². The second-order valence-corrected chi connectivity index (χ2v) is 8.24. The fraction of sp³-hybridized carbons (Fsp3) is 0.375. The van der Waals surface area contributed by atoms with Crippen LogP contribution in [0.3, 0.4) is 0 Å². The van der Waals surface area contributed by atoms with Gasteiger partial charge in [-0.25, -0.2) is 9.78 Å². The number of rotatable bonds is 8. The van der Waals surface area contributed by atoms with E-state index in [0.29, 0.717) is 48.3 Å². The van der Waals surface area contributed by atoms with Gasteiger partial charge >= 0.3 is 6.09 Å². The first kappa shape index (κ1) is 23.1. The Labute approximate surface area is 201 Å². The second-order valence-electron chi connectivity index (χ2n) is 8.24. The largest absolute Gasteiger partial charge is 0.486 e. The molecule has 0 aliphatic carbocycles. The lowest BCUT2D eigenvalue weighted by atomic mass is 10.1. The summed E-state index contributed by atoms with van der Waals surface area (Å²) in [4.78, 5) is 22.6. The quantitative estimate of drug-likeness (QED) is 0.430. The van der Waals surface area contributed by atoms with Crippen molar-refractivity contribution in [3.05, 3.63) is 48.2 Å². The summed E-state index contributed by atoms with van der Waals surface area (Å²) in [6.45, 7) is 1.46. The number of aliphatic hydroxyl groups excluding tert-OH is 2. The highest BCUT2D eigenvalue weighted by Crippen LogP contribution is 2.35. The first-order valence-electron chi connectivity index (χ1n) is 11.3. The van der Waals surface area contributed by atoms with E-state index >= 15 is 0 Å². The number of nitrogens with one attached hydrogen (secondary N) is 1. The van der Waals surface area contributed by atoms with E-state index in [-0.39, 0.29) is 13.1 Å². The van der Waals surface area contributed by atoms with Crippen molar-refractivity contribution < 1.29 is 34.0 Å². The predicted molar refractivity (Wildman–Crippen MR) is 125 cm³/mol. The first-order chi connectivity index (χ1) is 17.0. The van der Waals surface area contributed by atoms with Crippen molar-refractivity contribution >= 4 is 22.8 Å². The number of amides is 1. The van der Waals surface area contributed by atoms with Crippen LogP contribution in [0.25, 0.3) is 11.0 Å². The van der Waals surface area contributed by atoms with Gasteiger partial charge in [0.2, 0.25) is 5.88 Å². The van der Waals surface area contributed by atoms with Gasteiger partial charge in [-0.1, -0.05) is 0 Å². The third-order valence-electron chi connectivity index (χ3n) is 5.97. The number of benzene rings is 1. The standard InChI is InChI=1S/C24H26N4O7/c1-32-21-5-3-16-22(27-21)14(6-7-26-16)11-25-12-17(29)23(30)20-13-28(24(31)35-20)15-2-4-18-19(10-15)34-9-8-33-18/h2-7,10,17,20,23,25,29-30H,8-9,11-13H2,1H3/t17-,20+,23+/m1/s1. The molecule has 1 amide bonds. The van der Waals surface area contributed by atoms with Gasteiger partial charge in [-0.05, 0) is 29.8 Å². The molecule has 2 aliphatic heterocycles. The van der Waals surface area contributed by atoms with E-state index in [1.165, 1.54) is 4.90 Å². The summed E-state index contributed by atoms with van der Waals surface area (Å²) in [6.07, 6.45) is -2.25. The number of aromatic nitrogens is 2. The van der Waals surface area contributed by atoms with E-state index in [1.54, 1.807) is 37.6 Å². The minimum Gasteiger partial charge on any atom is -0.486 e. The Bertz CT molecular complexity index is 1220. The average molecular weight is 482 g/mol. The molecule has 2 aromatic heterocycles. The number of fused-ring (bicyclic) bond motifs is 2. The molecule has 11 heteroatoms. The highest BCUT2D eigenvalue weighted by atomic mass is 16.6. The monoisotopic (exact) mass is 482 g/mol. The van der Waals surface area contributed by atoms with Crippen LogP contribution in [0.5, 0.6) is 17.4 Å². The third kappa shape index (κ3) is 4.78. The van der Waals surface area contributed by atoms with Gasteiger partial charge in [0.05, 0.1) is 36.5 Å². The smallest absolute Gasteiger partial charge is 0.414 e. The molecule has 1 saturated heterocycles. The zero-order valence-electron chi connectivity index (χ0n) is 19.1. The normalized spacial score (nSPS) is 18.9. The van der Waals surface area contributed by atoms with Gasteiger partial charge < -0.3 is 34.5 Å². The van der Waals surface area contributed by atoms with Crippen molar-refractivity contribution in [1.29, 1.82) is 0 Å². The number of anilines is 1. The van der Waals surface area contributed by atoms with Crippen LogP contribution in [-0.2, 0) is 11.3 Å². The number of ether oxygens (including phenoxy) is 4. The summed E-state index contributed by atoms with van der Waals surface area (Å²) >= 11 is 0. The maximum Gasteiger partial charge on any atom is 0.414 e. The Morgan fingerprint density at radius 1 is 1.17 bits per heavy atom. The van der Waals surface area contributed by atoms with Crippen molar-refractivity contribution in [2.75, 3.05) is 38.3 Å². The van der Waals surface area contributed by atoms with Crippen LogP contribution in [0.15, 0.2) is 42.6 Å². The molecule has 0 radical (unpaired) electrons. The molecule has 3 aromatic rings. The number of carbonyl (C=O) groups excluding carboxylic acids is 1. The molecule has 1 aromatic carbocycles. The maximum atomic E-state index is 12.5. The highest BCUT2D eigenvalue weighted by molar-refractivity contribution is 5.90. The summed E-state index contributed by atoms with van der Waals surface area (Å²) in [5, 5.41) is 24.3. The van der Waals surface area contributed by atoms with Crippen LogP contribution < -0.4 is 24.4 Å². The van der Waals surface area contributed by atoms with E-state index in [2.05, 4.69) is 15.3 Å².